The van der Waals surface area contributed by atoms with E-state index in [0.29, 0.717) is 12.5 Å². The molecule has 3 aromatic rings. The molecule has 1 saturated heterocycles. The van der Waals surface area contributed by atoms with Crippen molar-refractivity contribution in [3.05, 3.63) is 95.6 Å². The van der Waals surface area contributed by atoms with Crippen molar-refractivity contribution in [2.45, 2.75) is 38.1 Å². The van der Waals surface area contributed by atoms with Gasteiger partial charge in [0.2, 0.25) is 0 Å². The number of nitrogens with zero attached hydrogens (tertiary/aromatic N) is 2. The van der Waals surface area contributed by atoms with Crippen LogP contribution in [-0.4, -0.2) is 55.5 Å². The average Bonchev–Trinajstić information content (AvgIpc) is 2.93. The molecule has 3 aromatic carbocycles. The van der Waals surface area contributed by atoms with Crippen LogP contribution in [0.25, 0.3) is 0 Å². The van der Waals surface area contributed by atoms with E-state index in [1.807, 2.05) is 65.6 Å². The fourth-order valence-corrected chi connectivity index (χ4v) is 5.49. The maximum Gasteiger partial charge on any atom is 0.265 e. The molecule has 37 heavy (non-hydrogen) atoms. The number of para-hydroxylation sites is 2. The molecule has 5 rings (SSSR count). The van der Waals surface area contributed by atoms with Gasteiger partial charge in [-0.05, 0) is 74.5 Å². The fraction of sp³-hybridized carbons (Fsp3) is 0.355. The van der Waals surface area contributed by atoms with Gasteiger partial charge in [-0.25, -0.2) is 0 Å². The van der Waals surface area contributed by atoms with Crippen molar-refractivity contribution in [3.8, 4) is 5.75 Å². The summed E-state index contributed by atoms with van der Waals surface area (Å²) in [5.74, 6) is 1.14. The van der Waals surface area contributed by atoms with Crippen LogP contribution in [0.15, 0.2) is 78.9 Å². The van der Waals surface area contributed by atoms with Gasteiger partial charge < -0.3 is 19.9 Å². The van der Waals surface area contributed by atoms with E-state index in [0.717, 1.165) is 61.5 Å². The Balaban J connectivity index is 1.16. The van der Waals surface area contributed by atoms with E-state index in [-0.39, 0.29) is 24.5 Å². The van der Waals surface area contributed by atoms with E-state index in [1.165, 1.54) is 5.56 Å². The molecule has 2 heterocycles. The number of nitrogens with one attached hydrogen (secondary N) is 1. The number of benzene rings is 3. The highest BCUT2D eigenvalue weighted by Gasteiger charge is 2.28. The minimum atomic E-state index is 0.00551. The molecule has 2 amide bonds. The number of likely N-dealkylation sites (tertiary alicyclic amines) is 1. The highest BCUT2D eigenvalue weighted by atomic mass is 16.5. The molecule has 0 saturated carbocycles. The van der Waals surface area contributed by atoms with Gasteiger partial charge in [-0.15, -0.1) is 0 Å². The maximum absolute atomic E-state index is 13.2. The third kappa shape index (κ3) is 6.03. The Morgan fingerprint density at radius 1 is 0.946 bits per heavy atom. The highest BCUT2D eigenvalue weighted by molar-refractivity contribution is 5.98. The molecule has 2 aliphatic heterocycles. The molecule has 0 aliphatic carbocycles. The van der Waals surface area contributed by atoms with Crippen LogP contribution in [0.4, 0.5) is 5.69 Å². The van der Waals surface area contributed by atoms with Crippen LogP contribution in [0.2, 0.25) is 0 Å². The van der Waals surface area contributed by atoms with Crippen LogP contribution < -0.4 is 15.0 Å². The Hall–Kier alpha value is -3.64. The third-order valence-electron chi connectivity index (χ3n) is 7.44. The number of ether oxygens (including phenoxy) is 1. The molecular formula is C31H35N3O3. The molecule has 1 unspecified atom stereocenters. The molecule has 0 radical (unpaired) electrons. The third-order valence-corrected chi connectivity index (χ3v) is 7.44. The molecule has 192 valence electrons. The monoisotopic (exact) mass is 497 g/mol. The number of amides is 2. The van der Waals surface area contributed by atoms with Crippen LogP contribution in [0.5, 0.6) is 5.75 Å². The SMILES string of the molecule is CC(Cc1ccccc1)NC(=O)c1ccccc1C1CCN(CCN2C(=O)COc3ccccc32)CC1. The number of hydrogen-bond acceptors (Lipinski definition) is 4. The zero-order valence-corrected chi connectivity index (χ0v) is 21.4. The van der Waals surface area contributed by atoms with Crippen molar-refractivity contribution in [2.24, 2.45) is 0 Å². The van der Waals surface area contributed by atoms with E-state index >= 15 is 0 Å². The normalized spacial score (nSPS) is 17.1. The summed E-state index contributed by atoms with van der Waals surface area (Å²) in [5, 5.41) is 3.20. The second kappa shape index (κ2) is 11.6. The van der Waals surface area contributed by atoms with Crippen molar-refractivity contribution in [1.82, 2.24) is 10.2 Å². The summed E-state index contributed by atoms with van der Waals surface area (Å²) in [4.78, 5) is 30.0. The number of carbonyl (C=O) groups excluding carboxylic acids is 2. The summed E-state index contributed by atoms with van der Waals surface area (Å²) in [7, 11) is 0. The molecule has 0 bridgehead atoms. The molecule has 1 fully saturated rings. The minimum Gasteiger partial charge on any atom is -0.482 e. The quantitative estimate of drug-likeness (QED) is 0.492. The van der Waals surface area contributed by atoms with Crippen LogP contribution in [0.1, 0.15) is 47.2 Å². The smallest absolute Gasteiger partial charge is 0.265 e. The average molecular weight is 498 g/mol. The van der Waals surface area contributed by atoms with Crippen LogP contribution in [-0.2, 0) is 11.2 Å². The van der Waals surface area contributed by atoms with Gasteiger partial charge in [0.1, 0.15) is 5.75 Å². The van der Waals surface area contributed by atoms with Crippen LogP contribution in [0.3, 0.4) is 0 Å². The number of hydrogen-bond donors (Lipinski definition) is 1. The Morgan fingerprint density at radius 2 is 1.65 bits per heavy atom. The second-order valence-corrected chi connectivity index (χ2v) is 10.1. The van der Waals surface area contributed by atoms with Crippen molar-refractivity contribution in [3.63, 3.8) is 0 Å². The molecule has 6 heteroatoms. The van der Waals surface area contributed by atoms with Crippen molar-refractivity contribution >= 4 is 17.5 Å². The van der Waals surface area contributed by atoms with Crippen LogP contribution in [0, 0.1) is 0 Å². The van der Waals surface area contributed by atoms with E-state index in [1.54, 1.807) is 0 Å². The van der Waals surface area contributed by atoms with Gasteiger partial charge in [0.05, 0.1) is 5.69 Å². The van der Waals surface area contributed by atoms with E-state index in [9.17, 15) is 9.59 Å². The first-order chi connectivity index (χ1) is 18.1. The zero-order chi connectivity index (χ0) is 25.6. The minimum absolute atomic E-state index is 0.00551. The Kier molecular flexibility index (Phi) is 7.85. The van der Waals surface area contributed by atoms with Crippen molar-refractivity contribution < 1.29 is 14.3 Å². The van der Waals surface area contributed by atoms with E-state index in [2.05, 4.69) is 35.3 Å². The first-order valence-corrected chi connectivity index (χ1v) is 13.3. The Morgan fingerprint density at radius 3 is 2.46 bits per heavy atom. The molecular weight excluding hydrogens is 462 g/mol. The lowest BCUT2D eigenvalue weighted by molar-refractivity contribution is -0.121. The van der Waals surface area contributed by atoms with Crippen molar-refractivity contribution in [2.75, 3.05) is 37.7 Å². The highest BCUT2D eigenvalue weighted by Crippen LogP contribution is 2.33. The Labute approximate surface area is 219 Å². The first-order valence-electron chi connectivity index (χ1n) is 13.3. The molecule has 0 spiro atoms. The summed E-state index contributed by atoms with van der Waals surface area (Å²) < 4.78 is 5.57. The molecule has 1 N–H and O–H groups in total. The maximum atomic E-state index is 13.2. The van der Waals surface area contributed by atoms with Gasteiger partial charge in [-0.1, -0.05) is 60.7 Å². The number of rotatable bonds is 8. The van der Waals surface area contributed by atoms with Gasteiger partial charge in [-0.3, -0.25) is 9.59 Å². The van der Waals surface area contributed by atoms with E-state index < -0.39 is 0 Å². The molecule has 1 atom stereocenters. The van der Waals surface area contributed by atoms with Gasteiger partial charge in [0.25, 0.3) is 11.8 Å². The number of anilines is 1. The summed E-state index contributed by atoms with van der Waals surface area (Å²) >= 11 is 0. The summed E-state index contributed by atoms with van der Waals surface area (Å²) in [6, 6.07) is 26.1. The lowest BCUT2D eigenvalue weighted by Gasteiger charge is -2.35. The van der Waals surface area contributed by atoms with Gasteiger partial charge in [0.15, 0.2) is 6.61 Å². The summed E-state index contributed by atoms with van der Waals surface area (Å²) in [5.41, 5.74) is 4.01. The standard InChI is InChI=1S/C31H35N3O3/c1-23(21-24-9-3-2-4-10-24)32-31(36)27-12-6-5-11-26(27)25-15-17-33(18-16-25)19-20-34-28-13-7-8-14-29(28)37-22-30(34)35/h2-14,23,25H,15-22H2,1H3,(H,32,36). The molecule has 2 aliphatic rings. The van der Waals surface area contributed by atoms with Crippen LogP contribution >= 0.6 is 0 Å². The number of fused-ring (bicyclic) bond motifs is 1. The topological polar surface area (TPSA) is 61.9 Å². The predicted octanol–water partition coefficient (Wildman–Crippen LogP) is 4.65. The Bertz CT molecular complexity index is 1220. The molecule has 0 aromatic heterocycles. The lowest BCUT2D eigenvalue weighted by atomic mass is 9.86. The largest absolute Gasteiger partial charge is 0.482 e. The summed E-state index contributed by atoms with van der Waals surface area (Å²) in [6.07, 6.45) is 2.80. The van der Waals surface area contributed by atoms with E-state index in [4.69, 9.17) is 4.74 Å². The lowest BCUT2D eigenvalue weighted by Crippen LogP contribution is -2.45. The van der Waals surface area contributed by atoms with Crippen molar-refractivity contribution in [1.29, 1.82) is 0 Å². The van der Waals surface area contributed by atoms with Gasteiger partial charge in [0, 0.05) is 24.7 Å². The first kappa shape index (κ1) is 25.0. The van der Waals surface area contributed by atoms with Gasteiger partial charge >= 0.3 is 0 Å². The fourth-order valence-electron chi connectivity index (χ4n) is 5.49. The summed E-state index contributed by atoms with van der Waals surface area (Å²) in [6.45, 7) is 5.54. The number of piperidine rings is 1. The predicted molar refractivity (Wildman–Crippen MR) is 146 cm³/mol. The second-order valence-electron chi connectivity index (χ2n) is 10.1. The number of carbonyl (C=O) groups is 2. The van der Waals surface area contributed by atoms with Gasteiger partial charge in [-0.2, -0.15) is 0 Å². The zero-order valence-electron chi connectivity index (χ0n) is 21.4. The molecule has 6 nitrogen and oxygen atoms in total.